The van der Waals surface area contributed by atoms with Crippen LogP contribution in [0.5, 0.6) is 5.75 Å². The van der Waals surface area contributed by atoms with Crippen molar-refractivity contribution in [3.63, 3.8) is 0 Å². The fraction of sp³-hybridized carbons (Fsp3) is 0.400. The molecule has 0 aliphatic rings. The van der Waals surface area contributed by atoms with Crippen LogP contribution in [0.4, 0.5) is 0 Å². The Morgan fingerprint density at radius 2 is 2.20 bits per heavy atom. The zero-order chi connectivity index (χ0) is 14.5. The van der Waals surface area contributed by atoms with Gasteiger partial charge in [-0.25, -0.2) is 0 Å². The van der Waals surface area contributed by atoms with Gasteiger partial charge >= 0.3 is 0 Å². The Balaban J connectivity index is 2.15. The molecule has 0 saturated carbocycles. The van der Waals surface area contributed by atoms with E-state index in [0.717, 1.165) is 39.9 Å². The lowest BCUT2D eigenvalue weighted by atomic mass is 10.1. The first-order chi connectivity index (χ1) is 9.63. The summed E-state index contributed by atoms with van der Waals surface area (Å²) in [4.78, 5) is 0. The Hall–Kier alpha value is -1.33. The van der Waals surface area contributed by atoms with Gasteiger partial charge in [-0.3, -0.25) is 4.68 Å². The number of nitrogens with zero attached hydrogens (tertiary/aromatic N) is 2. The third kappa shape index (κ3) is 3.61. The van der Waals surface area contributed by atoms with Gasteiger partial charge in [0.15, 0.2) is 0 Å². The van der Waals surface area contributed by atoms with Crippen molar-refractivity contribution in [3.8, 4) is 5.75 Å². The Bertz CT molecular complexity index is 580. The van der Waals surface area contributed by atoms with Crippen LogP contribution in [0.3, 0.4) is 0 Å². The summed E-state index contributed by atoms with van der Waals surface area (Å²) in [5, 5.41) is 4.25. The number of nitrogens with two attached hydrogens (primary N) is 1. The minimum absolute atomic E-state index is 0.528. The number of aromatic nitrogens is 2. The summed E-state index contributed by atoms with van der Waals surface area (Å²) in [5.41, 5.74) is 9.01. The van der Waals surface area contributed by atoms with E-state index in [1.807, 2.05) is 17.1 Å². The quantitative estimate of drug-likeness (QED) is 0.881. The van der Waals surface area contributed by atoms with Crippen molar-refractivity contribution >= 4 is 15.9 Å². The van der Waals surface area contributed by atoms with E-state index in [4.69, 9.17) is 10.5 Å². The highest BCUT2D eigenvalue weighted by Crippen LogP contribution is 2.29. The molecule has 0 atom stereocenters. The highest BCUT2D eigenvalue weighted by molar-refractivity contribution is 9.10. The van der Waals surface area contributed by atoms with Crippen LogP contribution in [0.15, 0.2) is 29.0 Å². The molecule has 4 nitrogen and oxygen atoms in total. The summed E-state index contributed by atoms with van der Waals surface area (Å²) in [6.45, 7) is 6.13. The zero-order valence-corrected chi connectivity index (χ0v) is 13.5. The molecule has 2 rings (SSSR count). The van der Waals surface area contributed by atoms with Crippen LogP contribution < -0.4 is 10.5 Å². The second-order valence-electron chi connectivity index (χ2n) is 4.74. The molecule has 0 saturated heterocycles. The molecule has 0 unspecified atom stereocenters. The molecule has 20 heavy (non-hydrogen) atoms. The molecular formula is C15H20BrN3O. The van der Waals surface area contributed by atoms with Crippen molar-refractivity contribution in [3.05, 3.63) is 45.7 Å². The number of hydrogen-bond donors (Lipinski definition) is 1. The predicted octanol–water partition coefficient (Wildman–Crippen LogP) is 3.05. The molecule has 1 aromatic carbocycles. The van der Waals surface area contributed by atoms with Crippen molar-refractivity contribution in [2.24, 2.45) is 5.73 Å². The highest BCUT2D eigenvalue weighted by Gasteiger charge is 2.09. The number of hydrogen-bond acceptors (Lipinski definition) is 3. The van der Waals surface area contributed by atoms with Gasteiger partial charge in [-0.15, -0.1) is 0 Å². The Morgan fingerprint density at radius 3 is 2.85 bits per heavy atom. The lowest BCUT2D eigenvalue weighted by molar-refractivity contribution is 0.300. The first kappa shape index (κ1) is 15.1. The Morgan fingerprint density at radius 1 is 1.40 bits per heavy atom. The first-order valence-electron chi connectivity index (χ1n) is 6.77. The summed E-state index contributed by atoms with van der Waals surface area (Å²) in [6, 6.07) is 4.13. The minimum atomic E-state index is 0.528. The SMILES string of the molecule is CCn1cc(COc2c(C)cc(Br)cc2CCN)cn1. The van der Waals surface area contributed by atoms with E-state index in [0.29, 0.717) is 13.2 Å². The molecule has 0 spiro atoms. The van der Waals surface area contributed by atoms with E-state index in [1.165, 1.54) is 0 Å². The number of benzene rings is 1. The van der Waals surface area contributed by atoms with Crippen LogP contribution >= 0.6 is 15.9 Å². The molecule has 0 aliphatic carbocycles. The number of ether oxygens (including phenoxy) is 1. The topological polar surface area (TPSA) is 53.1 Å². The fourth-order valence-corrected chi connectivity index (χ4v) is 2.78. The van der Waals surface area contributed by atoms with Crippen molar-refractivity contribution in [2.45, 2.75) is 33.4 Å². The summed E-state index contributed by atoms with van der Waals surface area (Å²) in [5.74, 6) is 0.933. The van der Waals surface area contributed by atoms with Crippen LogP contribution in [-0.2, 0) is 19.6 Å². The highest BCUT2D eigenvalue weighted by atomic mass is 79.9. The second kappa shape index (κ2) is 6.90. The van der Waals surface area contributed by atoms with Gasteiger partial charge in [0.2, 0.25) is 0 Å². The average molecular weight is 338 g/mol. The maximum absolute atomic E-state index is 5.99. The Labute approximate surface area is 128 Å². The molecular weight excluding hydrogens is 318 g/mol. The van der Waals surface area contributed by atoms with Gasteiger partial charge < -0.3 is 10.5 Å². The van der Waals surface area contributed by atoms with Gasteiger partial charge in [0.25, 0.3) is 0 Å². The van der Waals surface area contributed by atoms with Crippen LogP contribution in [0.25, 0.3) is 0 Å². The summed E-state index contributed by atoms with van der Waals surface area (Å²) < 4.78 is 8.95. The molecule has 1 heterocycles. The monoisotopic (exact) mass is 337 g/mol. The van der Waals surface area contributed by atoms with E-state index in [2.05, 4.69) is 47.0 Å². The largest absolute Gasteiger partial charge is 0.488 e. The molecule has 2 N–H and O–H groups in total. The zero-order valence-electron chi connectivity index (χ0n) is 11.9. The molecule has 0 radical (unpaired) electrons. The summed E-state index contributed by atoms with van der Waals surface area (Å²) >= 11 is 3.52. The fourth-order valence-electron chi connectivity index (χ4n) is 2.16. The normalized spacial score (nSPS) is 10.8. The standard InChI is InChI=1S/C15H20BrN3O/c1-3-19-9-12(8-18-19)10-20-15-11(2)6-14(16)7-13(15)4-5-17/h6-9H,3-5,10,17H2,1-2H3. The number of rotatable bonds is 6. The third-order valence-electron chi connectivity index (χ3n) is 3.12. The van der Waals surface area contributed by atoms with Gasteiger partial charge in [-0.1, -0.05) is 15.9 Å². The van der Waals surface area contributed by atoms with Crippen LogP contribution in [-0.4, -0.2) is 16.3 Å². The van der Waals surface area contributed by atoms with E-state index in [-0.39, 0.29) is 0 Å². The second-order valence-corrected chi connectivity index (χ2v) is 5.66. The molecule has 108 valence electrons. The molecule has 0 fully saturated rings. The molecule has 0 aliphatic heterocycles. The van der Waals surface area contributed by atoms with E-state index >= 15 is 0 Å². The van der Waals surface area contributed by atoms with Crippen LogP contribution in [0.1, 0.15) is 23.6 Å². The van der Waals surface area contributed by atoms with E-state index < -0.39 is 0 Å². The van der Waals surface area contributed by atoms with Gasteiger partial charge in [0.05, 0.1) is 6.20 Å². The van der Waals surface area contributed by atoms with Crippen LogP contribution in [0.2, 0.25) is 0 Å². The van der Waals surface area contributed by atoms with E-state index in [1.54, 1.807) is 0 Å². The van der Waals surface area contributed by atoms with Crippen LogP contribution in [0, 0.1) is 6.92 Å². The average Bonchev–Trinajstić information content (AvgIpc) is 2.86. The number of halogens is 1. The molecule has 2 aromatic rings. The van der Waals surface area contributed by atoms with Crippen molar-refractivity contribution < 1.29 is 4.74 Å². The van der Waals surface area contributed by atoms with Gasteiger partial charge in [-0.2, -0.15) is 5.10 Å². The first-order valence-corrected chi connectivity index (χ1v) is 7.56. The van der Waals surface area contributed by atoms with Crippen molar-refractivity contribution in [1.82, 2.24) is 9.78 Å². The number of aryl methyl sites for hydroxylation is 2. The lowest BCUT2D eigenvalue weighted by Crippen LogP contribution is -2.06. The smallest absolute Gasteiger partial charge is 0.126 e. The summed E-state index contributed by atoms with van der Waals surface area (Å²) in [6.07, 6.45) is 4.67. The molecule has 0 bridgehead atoms. The van der Waals surface area contributed by atoms with Gasteiger partial charge in [-0.05, 0) is 50.1 Å². The van der Waals surface area contributed by atoms with Gasteiger partial charge in [0, 0.05) is 22.8 Å². The molecule has 1 aromatic heterocycles. The lowest BCUT2D eigenvalue weighted by Gasteiger charge is -2.14. The van der Waals surface area contributed by atoms with E-state index in [9.17, 15) is 0 Å². The Kier molecular flexibility index (Phi) is 5.20. The van der Waals surface area contributed by atoms with Crippen molar-refractivity contribution in [1.29, 1.82) is 0 Å². The molecule has 5 heteroatoms. The van der Waals surface area contributed by atoms with Gasteiger partial charge in [0.1, 0.15) is 12.4 Å². The minimum Gasteiger partial charge on any atom is -0.488 e. The third-order valence-corrected chi connectivity index (χ3v) is 3.58. The summed E-state index contributed by atoms with van der Waals surface area (Å²) in [7, 11) is 0. The van der Waals surface area contributed by atoms with Crippen molar-refractivity contribution in [2.75, 3.05) is 6.54 Å². The predicted molar refractivity (Wildman–Crippen MR) is 83.9 cm³/mol. The maximum Gasteiger partial charge on any atom is 0.126 e. The maximum atomic E-state index is 5.99. The molecule has 0 amide bonds.